The molecule has 0 bridgehead atoms. The molecule has 0 radical (unpaired) electrons. The van der Waals surface area contributed by atoms with Gasteiger partial charge < -0.3 is 5.32 Å². The van der Waals surface area contributed by atoms with Crippen LogP contribution >= 0.6 is 11.6 Å². The summed E-state index contributed by atoms with van der Waals surface area (Å²) in [5.74, 6) is 0.0910. The fourth-order valence-electron chi connectivity index (χ4n) is 2.40. The van der Waals surface area contributed by atoms with Crippen molar-refractivity contribution in [1.29, 1.82) is 0 Å². The Labute approximate surface area is 119 Å². The van der Waals surface area contributed by atoms with Crippen LogP contribution in [0.25, 0.3) is 0 Å². The van der Waals surface area contributed by atoms with Crippen molar-refractivity contribution in [2.45, 2.75) is 38.8 Å². The highest BCUT2D eigenvalue weighted by atomic mass is 35.5. The Bertz CT molecular complexity index is 446. The average Bonchev–Trinajstić information content (AvgIpc) is 3.20. The lowest BCUT2D eigenvalue weighted by atomic mass is 10.1. The number of hydrogen-bond acceptors (Lipinski definition) is 2. The third-order valence-electron chi connectivity index (χ3n) is 3.57. The molecule has 19 heavy (non-hydrogen) atoms. The van der Waals surface area contributed by atoms with Gasteiger partial charge in [0.15, 0.2) is 0 Å². The van der Waals surface area contributed by atoms with Crippen molar-refractivity contribution >= 4 is 17.5 Å². The summed E-state index contributed by atoms with van der Waals surface area (Å²) in [6, 6.07) is 8.57. The van der Waals surface area contributed by atoms with Crippen molar-refractivity contribution in [3.05, 3.63) is 34.9 Å². The Morgan fingerprint density at radius 1 is 1.47 bits per heavy atom. The zero-order valence-corrected chi connectivity index (χ0v) is 12.3. The first-order valence-corrected chi connectivity index (χ1v) is 7.28. The predicted octanol–water partition coefficient (Wildman–Crippen LogP) is 3.00. The molecule has 4 heteroatoms. The molecule has 1 atom stereocenters. The molecule has 0 aromatic heterocycles. The van der Waals surface area contributed by atoms with Crippen LogP contribution in [-0.2, 0) is 4.79 Å². The van der Waals surface area contributed by atoms with Crippen LogP contribution in [0.2, 0.25) is 5.02 Å². The molecule has 1 aromatic rings. The van der Waals surface area contributed by atoms with E-state index in [-0.39, 0.29) is 11.9 Å². The van der Waals surface area contributed by atoms with Crippen LogP contribution in [0.4, 0.5) is 0 Å². The Hall–Kier alpha value is -1.06. The molecule has 3 nitrogen and oxygen atoms in total. The average molecular weight is 281 g/mol. The molecule has 1 amide bonds. The summed E-state index contributed by atoms with van der Waals surface area (Å²) in [6.07, 6.45) is 2.35. The van der Waals surface area contributed by atoms with Crippen LogP contribution in [0.15, 0.2) is 24.3 Å². The van der Waals surface area contributed by atoms with Gasteiger partial charge in [-0.3, -0.25) is 9.69 Å². The van der Waals surface area contributed by atoms with Crippen LogP contribution in [0.5, 0.6) is 0 Å². The van der Waals surface area contributed by atoms with Crippen LogP contribution in [0.1, 0.15) is 38.3 Å². The van der Waals surface area contributed by atoms with Crippen LogP contribution < -0.4 is 5.32 Å². The first-order chi connectivity index (χ1) is 9.13. The molecular weight excluding hydrogens is 260 g/mol. The number of rotatable bonds is 6. The Kier molecular flexibility index (Phi) is 4.83. The van der Waals surface area contributed by atoms with Gasteiger partial charge in [-0.25, -0.2) is 0 Å². The molecule has 104 valence electrons. The van der Waals surface area contributed by atoms with Crippen molar-refractivity contribution in [2.75, 3.05) is 13.1 Å². The maximum Gasteiger partial charge on any atom is 0.234 e. The normalized spacial score (nSPS) is 16.4. The number of nitrogens with one attached hydrogen (secondary N) is 1. The second-order valence-corrected chi connectivity index (χ2v) is 5.46. The quantitative estimate of drug-likeness (QED) is 0.869. The molecule has 1 aromatic carbocycles. The monoisotopic (exact) mass is 280 g/mol. The Morgan fingerprint density at radius 2 is 2.16 bits per heavy atom. The highest BCUT2D eigenvalue weighted by Gasteiger charge is 2.34. The van der Waals surface area contributed by atoms with E-state index in [1.807, 2.05) is 31.2 Å². The third kappa shape index (κ3) is 3.71. The summed E-state index contributed by atoms with van der Waals surface area (Å²) in [6.45, 7) is 5.19. The molecule has 0 heterocycles. The van der Waals surface area contributed by atoms with Crippen LogP contribution in [0.3, 0.4) is 0 Å². The maximum atomic E-state index is 11.8. The highest BCUT2D eigenvalue weighted by molar-refractivity contribution is 6.31. The number of hydrogen-bond donors (Lipinski definition) is 1. The predicted molar refractivity (Wildman–Crippen MR) is 78.3 cm³/mol. The van der Waals surface area contributed by atoms with Gasteiger partial charge in [0, 0.05) is 23.7 Å². The van der Waals surface area contributed by atoms with E-state index < -0.39 is 0 Å². The molecule has 0 aliphatic heterocycles. The van der Waals surface area contributed by atoms with Gasteiger partial charge in [0.25, 0.3) is 0 Å². The van der Waals surface area contributed by atoms with Crippen LogP contribution in [-0.4, -0.2) is 29.9 Å². The first kappa shape index (κ1) is 14.4. The Morgan fingerprint density at radius 3 is 2.74 bits per heavy atom. The van der Waals surface area contributed by atoms with Gasteiger partial charge in [0.05, 0.1) is 6.54 Å². The minimum Gasteiger partial charge on any atom is -0.355 e. The van der Waals surface area contributed by atoms with E-state index in [0.717, 1.165) is 10.6 Å². The number of likely N-dealkylation sites (N-methyl/N-ethyl adjacent to an activating group) is 1. The summed E-state index contributed by atoms with van der Waals surface area (Å²) < 4.78 is 0. The van der Waals surface area contributed by atoms with E-state index in [2.05, 4.69) is 17.1 Å². The van der Waals surface area contributed by atoms with E-state index in [0.29, 0.717) is 19.1 Å². The third-order valence-corrected chi connectivity index (χ3v) is 3.91. The van der Waals surface area contributed by atoms with Gasteiger partial charge in [-0.15, -0.1) is 0 Å². The summed E-state index contributed by atoms with van der Waals surface area (Å²) in [7, 11) is 0. The van der Waals surface area contributed by atoms with E-state index in [9.17, 15) is 4.79 Å². The van der Waals surface area contributed by atoms with E-state index >= 15 is 0 Å². The van der Waals surface area contributed by atoms with Crippen LogP contribution in [0, 0.1) is 0 Å². The molecule has 2 rings (SSSR count). The number of carbonyl (C=O) groups excluding carboxylic acids is 1. The number of nitrogens with zero attached hydrogens (tertiary/aromatic N) is 1. The first-order valence-electron chi connectivity index (χ1n) is 6.90. The molecule has 1 aliphatic rings. The topological polar surface area (TPSA) is 32.3 Å². The number of halogens is 1. The lowest BCUT2D eigenvalue weighted by Crippen LogP contribution is -2.39. The minimum atomic E-state index is 0.0910. The molecule has 1 unspecified atom stereocenters. The number of carbonyl (C=O) groups is 1. The smallest absolute Gasteiger partial charge is 0.234 e. The van der Waals surface area contributed by atoms with Gasteiger partial charge in [0.1, 0.15) is 0 Å². The van der Waals surface area contributed by atoms with Gasteiger partial charge in [-0.2, -0.15) is 0 Å². The molecule has 1 aliphatic carbocycles. The largest absolute Gasteiger partial charge is 0.355 e. The Balaban J connectivity index is 2.10. The zero-order chi connectivity index (χ0) is 13.8. The summed E-state index contributed by atoms with van der Waals surface area (Å²) in [4.78, 5) is 14.1. The SMILES string of the molecule is CCNC(=O)CN(C1CC1)C(C)c1ccccc1Cl. The van der Waals surface area contributed by atoms with Crippen molar-refractivity contribution < 1.29 is 4.79 Å². The number of amides is 1. The number of benzene rings is 1. The summed E-state index contributed by atoms with van der Waals surface area (Å²) in [5.41, 5.74) is 1.10. The van der Waals surface area contributed by atoms with E-state index in [4.69, 9.17) is 11.6 Å². The zero-order valence-electron chi connectivity index (χ0n) is 11.5. The lowest BCUT2D eigenvalue weighted by molar-refractivity contribution is -0.122. The standard InChI is InChI=1S/C15H21ClN2O/c1-3-17-15(19)10-18(12-8-9-12)11(2)13-6-4-5-7-14(13)16/h4-7,11-12H,3,8-10H2,1-2H3,(H,17,19). The minimum absolute atomic E-state index is 0.0910. The van der Waals surface area contributed by atoms with Crippen molar-refractivity contribution in [3.8, 4) is 0 Å². The fourth-order valence-corrected chi connectivity index (χ4v) is 2.69. The molecule has 1 saturated carbocycles. The molecule has 0 saturated heterocycles. The maximum absolute atomic E-state index is 11.8. The van der Waals surface area contributed by atoms with Crippen molar-refractivity contribution in [3.63, 3.8) is 0 Å². The van der Waals surface area contributed by atoms with Gasteiger partial charge in [-0.05, 0) is 38.3 Å². The molecule has 1 fully saturated rings. The fraction of sp³-hybridized carbons (Fsp3) is 0.533. The van der Waals surface area contributed by atoms with Crippen molar-refractivity contribution in [2.24, 2.45) is 0 Å². The molecular formula is C15H21ClN2O. The molecule has 0 spiro atoms. The summed E-state index contributed by atoms with van der Waals surface area (Å²) >= 11 is 6.26. The highest BCUT2D eigenvalue weighted by Crippen LogP contribution is 2.36. The van der Waals surface area contributed by atoms with E-state index in [1.54, 1.807) is 0 Å². The molecule has 1 N–H and O–H groups in total. The second-order valence-electron chi connectivity index (χ2n) is 5.05. The summed E-state index contributed by atoms with van der Waals surface area (Å²) in [5, 5.41) is 3.64. The van der Waals surface area contributed by atoms with Crippen molar-refractivity contribution in [1.82, 2.24) is 10.2 Å². The van der Waals surface area contributed by atoms with E-state index in [1.165, 1.54) is 12.8 Å². The van der Waals surface area contributed by atoms with Gasteiger partial charge >= 0.3 is 0 Å². The second kappa shape index (κ2) is 6.40. The lowest BCUT2D eigenvalue weighted by Gasteiger charge is -2.29. The van der Waals surface area contributed by atoms with Gasteiger partial charge in [-0.1, -0.05) is 29.8 Å². The van der Waals surface area contributed by atoms with Gasteiger partial charge in [0.2, 0.25) is 5.91 Å².